The van der Waals surface area contributed by atoms with Gasteiger partial charge in [0.1, 0.15) is 5.82 Å². The second kappa shape index (κ2) is 3.25. The van der Waals surface area contributed by atoms with Gasteiger partial charge in [0.05, 0.1) is 6.33 Å². The quantitative estimate of drug-likeness (QED) is 0.740. The van der Waals surface area contributed by atoms with Gasteiger partial charge in [-0.25, -0.2) is 9.97 Å². The average Bonchev–Trinajstić information content (AvgIpc) is 2.47. The normalized spacial score (nSPS) is 11.4. The van der Waals surface area contributed by atoms with E-state index in [-0.39, 0.29) is 5.56 Å². The Labute approximate surface area is 80.6 Å². The summed E-state index contributed by atoms with van der Waals surface area (Å²) in [7, 11) is 0. The van der Waals surface area contributed by atoms with Crippen LogP contribution in [0.1, 0.15) is 19.7 Å². The van der Waals surface area contributed by atoms with Crippen LogP contribution in [0.4, 0.5) is 0 Å². The summed E-state index contributed by atoms with van der Waals surface area (Å²) in [6.07, 6.45) is 2.19. The Hall–Kier alpha value is -1.65. The molecular formula is C9H12N4O. The Bertz CT molecular complexity index is 497. The third-order valence-corrected chi connectivity index (χ3v) is 1.94. The highest BCUT2D eigenvalue weighted by atomic mass is 16.1. The Balaban J connectivity index is 2.52. The molecule has 0 aliphatic rings. The van der Waals surface area contributed by atoms with Crippen molar-refractivity contribution in [1.82, 2.24) is 19.9 Å². The van der Waals surface area contributed by atoms with E-state index in [1.54, 1.807) is 0 Å². The zero-order chi connectivity index (χ0) is 10.1. The lowest BCUT2D eigenvalue weighted by atomic mass is 10.1. The molecule has 0 aliphatic carbocycles. The van der Waals surface area contributed by atoms with E-state index in [9.17, 15) is 4.79 Å². The summed E-state index contributed by atoms with van der Waals surface area (Å²) >= 11 is 0. The molecule has 0 bridgehead atoms. The number of hydrogen-bond acceptors (Lipinski definition) is 3. The first-order chi connectivity index (χ1) is 6.66. The van der Waals surface area contributed by atoms with Crippen LogP contribution < -0.4 is 5.56 Å². The summed E-state index contributed by atoms with van der Waals surface area (Å²) in [6.45, 7) is 4.20. The molecule has 2 rings (SSSR count). The van der Waals surface area contributed by atoms with E-state index in [1.807, 2.05) is 0 Å². The standard InChI is InChI=1S/C9H12N4O/c1-5(2)3-6-12-7-8(13-6)10-4-11-9(7)14/h4-5H,3H2,1-2H3,(H2,10,11,12,13,14). The third-order valence-electron chi connectivity index (χ3n) is 1.94. The number of nitrogens with one attached hydrogen (secondary N) is 2. The summed E-state index contributed by atoms with van der Waals surface area (Å²) < 4.78 is 0. The number of rotatable bonds is 2. The second-order valence-corrected chi connectivity index (χ2v) is 3.71. The number of imidazole rings is 1. The van der Waals surface area contributed by atoms with E-state index < -0.39 is 0 Å². The predicted octanol–water partition coefficient (Wildman–Crippen LogP) is 0.845. The smallest absolute Gasteiger partial charge is 0.276 e. The van der Waals surface area contributed by atoms with E-state index in [0.29, 0.717) is 17.1 Å². The molecule has 2 aromatic rings. The van der Waals surface area contributed by atoms with Gasteiger partial charge in [-0.15, -0.1) is 0 Å². The zero-order valence-electron chi connectivity index (χ0n) is 8.16. The van der Waals surface area contributed by atoms with Gasteiger partial charge in [0.2, 0.25) is 0 Å². The fourth-order valence-electron chi connectivity index (χ4n) is 1.37. The molecule has 0 aromatic carbocycles. The van der Waals surface area contributed by atoms with Crippen LogP contribution in [-0.2, 0) is 6.42 Å². The van der Waals surface area contributed by atoms with Crippen LogP contribution in [0.15, 0.2) is 11.1 Å². The maximum absolute atomic E-state index is 11.3. The van der Waals surface area contributed by atoms with Gasteiger partial charge in [0, 0.05) is 6.42 Å². The van der Waals surface area contributed by atoms with E-state index >= 15 is 0 Å². The van der Waals surface area contributed by atoms with E-state index in [4.69, 9.17) is 0 Å². The van der Waals surface area contributed by atoms with Crippen molar-refractivity contribution in [3.05, 3.63) is 22.5 Å². The van der Waals surface area contributed by atoms with Gasteiger partial charge in [0.15, 0.2) is 11.2 Å². The molecule has 0 spiro atoms. The Morgan fingerprint density at radius 2 is 2.29 bits per heavy atom. The van der Waals surface area contributed by atoms with Crippen LogP contribution in [0.5, 0.6) is 0 Å². The van der Waals surface area contributed by atoms with Gasteiger partial charge in [-0.3, -0.25) is 4.79 Å². The highest BCUT2D eigenvalue weighted by Gasteiger charge is 2.07. The Morgan fingerprint density at radius 3 is 2.93 bits per heavy atom. The van der Waals surface area contributed by atoms with Gasteiger partial charge >= 0.3 is 0 Å². The monoisotopic (exact) mass is 192 g/mol. The lowest BCUT2D eigenvalue weighted by molar-refractivity contribution is 0.627. The van der Waals surface area contributed by atoms with Gasteiger partial charge in [-0.2, -0.15) is 0 Å². The molecule has 2 aromatic heterocycles. The third kappa shape index (κ3) is 1.53. The molecule has 5 heteroatoms. The van der Waals surface area contributed by atoms with Crippen LogP contribution >= 0.6 is 0 Å². The Morgan fingerprint density at radius 1 is 1.50 bits per heavy atom. The van der Waals surface area contributed by atoms with Crippen molar-refractivity contribution in [2.24, 2.45) is 5.92 Å². The molecule has 74 valence electrons. The lowest BCUT2D eigenvalue weighted by Crippen LogP contribution is -2.05. The largest absolute Gasteiger partial charge is 0.336 e. The number of H-pyrrole nitrogens is 2. The summed E-state index contributed by atoms with van der Waals surface area (Å²) in [6, 6.07) is 0. The van der Waals surface area contributed by atoms with Crippen molar-refractivity contribution in [3.8, 4) is 0 Å². The van der Waals surface area contributed by atoms with Crippen LogP contribution in [0.3, 0.4) is 0 Å². The number of fused-ring (bicyclic) bond motifs is 1. The molecule has 2 N–H and O–H groups in total. The molecule has 0 unspecified atom stereocenters. The minimum absolute atomic E-state index is 0.169. The number of aromatic nitrogens is 4. The summed E-state index contributed by atoms with van der Waals surface area (Å²) in [4.78, 5) is 25.0. The van der Waals surface area contributed by atoms with Gasteiger partial charge < -0.3 is 9.97 Å². The van der Waals surface area contributed by atoms with Crippen molar-refractivity contribution in [1.29, 1.82) is 0 Å². The molecule has 0 saturated carbocycles. The summed E-state index contributed by atoms with van der Waals surface area (Å²) in [5.41, 5.74) is 0.782. The summed E-state index contributed by atoms with van der Waals surface area (Å²) in [5, 5.41) is 0. The number of hydrogen-bond donors (Lipinski definition) is 2. The van der Waals surface area contributed by atoms with Crippen LogP contribution in [0.25, 0.3) is 11.2 Å². The lowest BCUT2D eigenvalue weighted by Gasteiger charge is -1.98. The molecule has 0 aliphatic heterocycles. The molecule has 5 nitrogen and oxygen atoms in total. The molecule has 0 saturated heterocycles. The minimum atomic E-state index is -0.169. The van der Waals surface area contributed by atoms with E-state index in [2.05, 4.69) is 33.8 Å². The molecule has 0 atom stereocenters. The SMILES string of the molecule is CC(C)Cc1nc2nc[nH]c(=O)c2[nH]1. The molecule has 0 fully saturated rings. The van der Waals surface area contributed by atoms with Crippen molar-refractivity contribution in [2.45, 2.75) is 20.3 Å². The van der Waals surface area contributed by atoms with Crippen LogP contribution in [0, 0.1) is 5.92 Å². The van der Waals surface area contributed by atoms with Gasteiger partial charge in [-0.05, 0) is 5.92 Å². The fourth-order valence-corrected chi connectivity index (χ4v) is 1.37. The predicted molar refractivity (Wildman–Crippen MR) is 53.1 cm³/mol. The molecule has 0 radical (unpaired) electrons. The van der Waals surface area contributed by atoms with E-state index in [0.717, 1.165) is 12.2 Å². The van der Waals surface area contributed by atoms with Crippen molar-refractivity contribution < 1.29 is 0 Å². The maximum Gasteiger partial charge on any atom is 0.276 e. The van der Waals surface area contributed by atoms with Gasteiger partial charge in [-0.1, -0.05) is 13.8 Å². The molecule has 14 heavy (non-hydrogen) atoms. The average molecular weight is 192 g/mol. The molecular weight excluding hydrogens is 180 g/mol. The van der Waals surface area contributed by atoms with Crippen molar-refractivity contribution in [2.75, 3.05) is 0 Å². The maximum atomic E-state index is 11.3. The molecule has 0 amide bonds. The van der Waals surface area contributed by atoms with Gasteiger partial charge in [0.25, 0.3) is 5.56 Å². The first-order valence-electron chi connectivity index (χ1n) is 4.59. The topological polar surface area (TPSA) is 74.4 Å². The first kappa shape index (κ1) is 8.93. The van der Waals surface area contributed by atoms with E-state index in [1.165, 1.54) is 6.33 Å². The first-order valence-corrected chi connectivity index (χ1v) is 4.59. The number of nitrogens with zero attached hydrogens (tertiary/aromatic N) is 2. The van der Waals surface area contributed by atoms with Crippen molar-refractivity contribution >= 4 is 11.2 Å². The van der Waals surface area contributed by atoms with Crippen LogP contribution in [-0.4, -0.2) is 19.9 Å². The Kier molecular flexibility index (Phi) is 2.07. The number of aromatic amines is 2. The van der Waals surface area contributed by atoms with Crippen LogP contribution in [0.2, 0.25) is 0 Å². The van der Waals surface area contributed by atoms with Crippen molar-refractivity contribution in [3.63, 3.8) is 0 Å². The highest BCUT2D eigenvalue weighted by Crippen LogP contribution is 2.07. The highest BCUT2D eigenvalue weighted by molar-refractivity contribution is 5.68. The molecule has 2 heterocycles. The zero-order valence-corrected chi connectivity index (χ0v) is 8.16. The second-order valence-electron chi connectivity index (χ2n) is 3.71. The fraction of sp³-hybridized carbons (Fsp3) is 0.444. The minimum Gasteiger partial charge on any atom is -0.336 e. The summed E-state index contributed by atoms with van der Waals surface area (Å²) in [5.74, 6) is 1.33.